The molecule has 7 nitrogen and oxygen atoms in total. The lowest BCUT2D eigenvalue weighted by Gasteiger charge is -2.16. The first-order valence-electron chi connectivity index (χ1n) is 9.62. The van der Waals surface area contributed by atoms with Gasteiger partial charge in [0.1, 0.15) is 11.5 Å². The summed E-state index contributed by atoms with van der Waals surface area (Å²) >= 11 is 18.6. The summed E-state index contributed by atoms with van der Waals surface area (Å²) in [5.41, 5.74) is 4.04. The van der Waals surface area contributed by atoms with E-state index in [2.05, 4.69) is 5.43 Å². The molecule has 0 aliphatic carbocycles. The van der Waals surface area contributed by atoms with Crippen molar-refractivity contribution in [1.82, 2.24) is 10.4 Å². The maximum atomic E-state index is 12.9. The van der Waals surface area contributed by atoms with Crippen molar-refractivity contribution in [3.05, 3.63) is 85.9 Å². The standard InChI is InChI=1S/C23H14Cl2N2O5S2/c1-11-2-5-14(17(25)8-11)20(28)26-27-21(29)19(34-23(27)33)10-13-4-7-18(32-13)15-9-12(22(30)31)3-6-16(15)24/h2-10H,1H3,(H,26,28)(H,30,31)/b19-10-. The summed E-state index contributed by atoms with van der Waals surface area (Å²) < 4.78 is 5.89. The van der Waals surface area contributed by atoms with Crippen LogP contribution in [0.25, 0.3) is 17.4 Å². The monoisotopic (exact) mass is 532 g/mol. The van der Waals surface area contributed by atoms with E-state index in [4.69, 9.17) is 39.8 Å². The molecular formula is C23H14Cl2N2O5S2. The number of halogens is 2. The molecule has 172 valence electrons. The second kappa shape index (κ2) is 9.63. The number of benzene rings is 2. The Morgan fingerprint density at radius 2 is 1.88 bits per heavy atom. The Bertz CT molecular complexity index is 1400. The lowest BCUT2D eigenvalue weighted by Crippen LogP contribution is -2.44. The summed E-state index contributed by atoms with van der Waals surface area (Å²) in [7, 11) is 0. The fourth-order valence-corrected chi connectivity index (χ4v) is 4.77. The van der Waals surface area contributed by atoms with Crippen molar-refractivity contribution in [2.45, 2.75) is 6.92 Å². The number of thiocarbonyl (C=S) groups is 1. The van der Waals surface area contributed by atoms with Crippen molar-refractivity contribution in [2.75, 3.05) is 0 Å². The maximum absolute atomic E-state index is 12.9. The average Bonchev–Trinajstić information content (AvgIpc) is 3.34. The minimum atomic E-state index is -1.10. The van der Waals surface area contributed by atoms with Crippen LogP contribution in [0.4, 0.5) is 0 Å². The number of carboxylic acids is 1. The smallest absolute Gasteiger partial charge is 0.335 e. The molecule has 1 fully saturated rings. The summed E-state index contributed by atoms with van der Waals surface area (Å²) in [6, 6.07) is 12.4. The summed E-state index contributed by atoms with van der Waals surface area (Å²) in [6.07, 6.45) is 1.47. The minimum Gasteiger partial charge on any atom is -0.478 e. The third-order valence-electron chi connectivity index (χ3n) is 4.76. The van der Waals surface area contributed by atoms with Gasteiger partial charge < -0.3 is 9.52 Å². The van der Waals surface area contributed by atoms with Crippen molar-refractivity contribution in [2.24, 2.45) is 0 Å². The number of aryl methyl sites for hydroxylation is 1. The summed E-state index contributed by atoms with van der Waals surface area (Å²) in [5, 5.41) is 10.8. The predicted octanol–water partition coefficient (Wildman–Crippen LogP) is 5.81. The van der Waals surface area contributed by atoms with Crippen LogP contribution in [0.2, 0.25) is 10.0 Å². The Balaban J connectivity index is 1.54. The van der Waals surface area contributed by atoms with Crippen LogP contribution in [0.3, 0.4) is 0 Å². The molecule has 2 heterocycles. The fraction of sp³-hybridized carbons (Fsp3) is 0.0435. The van der Waals surface area contributed by atoms with E-state index >= 15 is 0 Å². The van der Waals surface area contributed by atoms with E-state index < -0.39 is 17.8 Å². The fourth-order valence-electron chi connectivity index (χ4n) is 3.08. The van der Waals surface area contributed by atoms with E-state index in [0.29, 0.717) is 22.1 Å². The molecule has 0 radical (unpaired) electrons. The highest BCUT2D eigenvalue weighted by atomic mass is 35.5. The zero-order chi connectivity index (χ0) is 24.6. The molecule has 1 aliphatic rings. The van der Waals surface area contributed by atoms with E-state index in [1.54, 1.807) is 30.3 Å². The molecule has 1 aliphatic heterocycles. The van der Waals surface area contributed by atoms with Gasteiger partial charge in [-0.3, -0.25) is 15.0 Å². The van der Waals surface area contributed by atoms with Crippen molar-refractivity contribution in [3.63, 3.8) is 0 Å². The van der Waals surface area contributed by atoms with Crippen LogP contribution in [-0.4, -0.2) is 32.2 Å². The SMILES string of the molecule is Cc1ccc(C(=O)NN2C(=O)/C(=C/c3ccc(-c4cc(C(=O)O)ccc4Cl)o3)SC2=S)c(Cl)c1. The second-order valence-electron chi connectivity index (χ2n) is 7.14. The third kappa shape index (κ3) is 4.88. The number of aromatic carboxylic acids is 1. The number of carbonyl (C=O) groups is 3. The Morgan fingerprint density at radius 1 is 1.12 bits per heavy atom. The van der Waals surface area contributed by atoms with E-state index in [0.717, 1.165) is 22.3 Å². The first-order valence-corrected chi connectivity index (χ1v) is 11.6. The molecule has 0 unspecified atom stereocenters. The predicted molar refractivity (Wildman–Crippen MR) is 135 cm³/mol. The number of nitrogens with zero attached hydrogens (tertiary/aromatic N) is 1. The van der Waals surface area contributed by atoms with Crippen LogP contribution in [0.15, 0.2) is 57.9 Å². The van der Waals surface area contributed by atoms with Crippen LogP contribution in [0.5, 0.6) is 0 Å². The first kappa shape index (κ1) is 24.0. The van der Waals surface area contributed by atoms with Gasteiger partial charge in [-0.15, -0.1) is 0 Å². The Labute approximate surface area is 213 Å². The number of hydrazine groups is 1. The first-order chi connectivity index (χ1) is 16.1. The van der Waals surface area contributed by atoms with Crippen LogP contribution < -0.4 is 5.43 Å². The van der Waals surface area contributed by atoms with Gasteiger partial charge in [-0.2, -0.15) is 5.01 Å². The number of nitrogens with one attached hydrogen (secondary N) is 1. The number of furan rings is 1. The molecule has 1 saturated heterocycles. The van der Waals surface area contributed by atoms with E-state index in [1.807, 2.05) is 6.92 Å². The Hall–Kier alpha value is -3.11. The van der Waals surface area contributed by atoms with Gasteiger partial charge in [0.2, 0.25) is 0 Å². The molecule has 3 aromatic rings. The molecule has 0 bridgehead atoms. The van der Waals surface area contributed by atoms with Gasteiger partial charge in [0, 0.05) is 11.6 Å². The zero-order valence-corrected chi connectivity index (χ0v) is 20.4. The minimum absolute atomic E-state index is 0.0580. The molecule has 4 rings (SSSR count). The maximum Gasteiger partial charge on any atom is 0.335 e. The highest BCUT2D eigenvalue weighted by molar-refractivity contribution is 8.26. The van der Waals surface area contributed by atoms with Gasteiger partial charge in [0.05, 0.1) is 26.1 Å². The number of rotatable bonds is 5. The number of amides is 2. The molecule has 2 N–H and O–H groups in total. The van der Waals surface area contributed by atoms with Crippen molar-refractivity contribution in [3.8, 4) is 11.3 Å². The van der Waals surface area contributed by atoms with Crippen LogP contribution in [-0.2, 0) is 4.79 Å². The number of thioether (sulfide) groups is 1. The quantitative estimate of drug-likeness (QED) is 0.316. The molecule has 2 amide bonds. The van der Waals surface area contributed by atoms with Gasteiger partial charge in [0.25, 0.3) is 11.8 Å². The highest BCUT2D eigenvalue weighted by Crippen LogP contribution is 2.34. The molecule has 34 heavy (non-hydrogen) atoms. The van der Waals surface area contributed by atoms with E-state index in [-0.39, 0.29) is 25.4 Å². The third-order valence-corrected chi connectivity index (χ3v) is 6.70. The second-order valence-corrected chi connectivity index (χ2v) is 9.63. The number of carbonyl (C=O) groups excluding carboxylic acids is 2. The molecule has 0 spiro atoms. The van der Waals surface area contributed by atoms with Crippen LogP contribution in [0, 0.1) is 6.92 Å². The van der Waals surface area contributed by atoms with Crippen molar-refractivity contribution >= 4 is 75.4 Å². The van der Waals surface area contributed by atoms with Crippen LogP contribution >= 0.6 is 47.2 Å². The van der Waals surface area contributed by atoms with Crippen molar-refractivity contribution < 1.29 is 23.9 Å². The Kier molecular flexibility index (Phi) is 6.81. The summed E-state index contributed by atoms with van der Waals surface area (Å²) in [6.45, 7) is 1.84. The van der Waals surface area contributed by atoms with Gasteiger partial charge in [-0.1, -0.05) is 41.0 Å². The Morgan fingerprint density at radius 3 is 2.59 bits per heavy atom. The number of hydrogen-bond donors (Lipinski definition) is 2. The van der Waals surface area contributed by atoms with E-state index in [9.17, 15) is 19.5 Å². The zero-order valence-electron chi connectivity index (χ0n) is 17.3. The van der Waals surface area contributed by atoms with Gasteiger partial charge >= 0.3 is 5.97 Å². The number of hydrogen-bond acceptors (Lipinski definition) is 6. The average molecular weight is 533 g/mol. The topological polar surface area (TPSA) is 99.9 Å². The molecular weight excluding hydrogens is 519 g/mol. The normalized spacial score (nSPS) is 14.7. The van der Waals surface area contributed by atoms with Gasteiger partial charge in [0.15, 0.2) is 4.32 Å². The van der Waals surface area contributed by atoms with Crippen molar-refractivity contribution in [1.29, 1.82) is 0 Å². The molecule has 11 heteroatoms. The molecule has 1 aromatic heterocycles. The summed E-state index contributed by atoms with van der Waals surface area (Å²) in [5.74, 6) is -1.55. The van der Waals surface area contributed by atoms with E-state index in [1.165, 1.54) is 24.3 Å². The largest absolute Gasteiger partial charge is 0.478 e. The van der Waals surface area contributed by atoms with Gasteiger partial charge in [-0.25, -0.2) is 4.79 Å². The number of carboxylic acid groups (broad SMARTS) is 1. The molecule has 0 saturated carbocycles. The summed E-state index contributed by atoms with van der Waals surface area (Å²) in [4.78, 5) is 36.9. The molecule has 0 atom stereocenters. The molecule has 2 aromatic carbocycles. The highest BCUT2D eigenvalue weighted by Gasteiger charge is 2.34. The van der Waals surface area contributed by atoms with Crippen LogP contribution in [0.1, 0.15) is 32.0 Å². The lowest BCUT2D eigenvalue weighted by atomic mass is 10.1. The van der Waals surface area contributed by atoms with Gasteiger partial charge in [-0.05, 0) is 67.2 Å². The lowest BCUT2D eigenvalue weighted by molar-refractivity contribution is -0.123.